The first kappa shape index (κ1) is 13.8. The number of amides is 1. The normalized spacial score (nSPS) is 10.1. The predicted molar refractivity (Wildman–Crippen MR) is 77.9 cm³/mol. The molecule has 6 heteroatoms. The van der Waals surface area contributed by atoms with Crippen LogP contribution in [0.2, 0.25) is 5.02 Å². The number of rotatable bonds is 3. The molecular weight excluding hydrogens is 332 g/mol. The molecule has 0 unspecified atom stereocenters. The zero-order chi connectivity index (χ0) is 13.8. The molecule has 19 heavy (non-hydrogen) atoms. The molecule has 0 saturated carbocycles. The maximum absolute atomic E-state index is 12.0. The highest BCUT2D eigenvalue weighted by atomic mass is 79.9. The predicted octanol–water partition coefficient (Wildman–Crippen LogP) is 3.76. The van der Waals surface area contributed by atoms with Crippen LogP contribution < -0.4 is 10.1 Å². The van der Waals surface area contributed by atoms with Gasteiger partial charge in [0.05, 0.1) is 11.6 Å². The second-order valence-electron chi connectivity index (χ2n) is 3.66. The summed E-state index contributed by atoms with van der Waals surface area (Å²) in [6.45, 7) is 0. The van der Waals surface area contributed by atoms with Crippen LogP contribution in [0.4, 0.5) is 5.69 Å². The minimum atomic E-state index is -0.327. The zero-order valence-corrected chi connectivity index (χ0v) is 12.3. The standard InChI is InChI=1S/C13H10BrClN2O2/c1-19-12-7-9(2-3-10(12)14)17-13(18)11-6-8(15)4-5-16-11/h2-7H,1H3,(H,17,18). The average molecular weight is 342 g/mol. The second-order valence-corrected chi connectivity index (χ2v) is 4.95. The molecule has 1 N–H and O–H groups in total. The van der Waals surface area contributed by atoms with Crippen LogP contribution in [0.1, 0.15) is 10.5 Å². The van der Waals surface area contributed by atoms with Gasteiger partial charge < -0.3 is 10.1 Å². The van der Waals surface area contributed by atoms with E-state index in [4.69, 9.17) is 16.3 Å². The largest absolute Gasteiger partial charge is 0.495 e. The monoisotopic (exact) mass is 340 g/mol. The lowest BCUT2D eigenvalue weighted by Crippen LogP contribution is -2.13. The quantitative estimate of drug-likeness (QED) is 0.925. The number of nitrogens with zero attached hydrogens (tertiary/aromatic N) is 1. The van der Waals surface area contributed by atoms with E-state index >= 15 is 0 Å². The minimum absolute atomic E-state index is 0.259. The Morgan fingerprint density at radius 3 is 2.84 bits per heavy atom. The molecule has 0 atom stereocenters. The van der Waals surface area contributed by atoms with Gasteiger partial charge in [-0.15, -0.1) is 0 Å². The van der Waals surface area contributed by atoms with Crippen molar-refractivity contribution in [2.75, 3.05) is 12.4 Å². The van der Waals surface area contributed by atoms with Crippen molar-refractivity contribution in [2.45, 2.75) is 0 Å². The van der Waals surface area contributed by atoms with Crippen LogP contribution in [0, 0.1) is 0 Å². The Bertz CT molecular complexity index is 619. The number of carbonyl (C=O) groups excluding carboxylic acids is 1. The van der Waals surface area contributed by atoms with Gasteiger partial charge >= 0.3 is 0 Å². The number of hydrogen-bond donors (Lipinski definition) is 1. The Balaban J connectivity index is 2.19. The molecule has 0 aliphatic heterocycles. The number of pyridine rings is 1. The van der Waals surface area contributed by atoms with Gasteiger partial charge in [-0.25, -0.2) is 0 Å². The van der Waals surface area contributed by atoms with Crippen molar-refractivity contribution < 1.29 is 9.53 Å². The molecule has 1 aromatic carbocycles. The van der Waals surface area contributed by atoms with Crippen LogP contribution in [0.25, 0.3) is 0 Å². The average Bonchev–Trinajstić information content (AvgIpc) is 2.41. The fourth-order valence-corrected chi connectivity index (χ4v) is 2.03. The first-order valence-electron chi connectivity index (χ1n) is 5.36. The summed E-state index contributed by atoms with van der Waals surface area (Å²) in [6.07, 6.45) is 1.49. The van der Waals surface area contributed by atoms with Gasteiger partial charge in [0.1, 0.15) is 11.4 Å². The molecular formula is C13H10BrClN2O2. The van der Waals surface area contributed by atoms with Crippen LogP contribution in [-0.4, -0.2) is 18.0 Å². The summed E-state index contributed by atoms with van der Waals surface area (Å²) in [6, 6.07) is 8.38. The molecule has 1 aromatic heterocycles. The van der Waals surface area contributed by atoms with Gasteiger partial charge in [0.2, 0.25) is 0 Å². The third-order valence-corrected chi connectivity index (χ3v) is 3.25. The Morgan fingerprint density at radius 2 is 2.16 bits per heavy atom. The number of anilines is 1. The van der Waals surface area contributed by atoms with E-state index < -0.39 is 0 Å². The highest BCUT2D eigenvalue weighted by molar-refractivity contribution is 9.10. The van der Waals surface area contributed by atoms with E-state index in [0.29, 0.717) is 16.5 Å². The lowest BCUT2D eigenvalue weighted by atomic mass is 10.2. The summed E-state index contributed by atoms with van der Waals surface area (Å²) in [5.74, 6) is 0.309. The summed E-state index contributed by atoms with van der Waals surface area (Å²) in [5.41, 5.74) is 0.876. The molecule has 0 saturated heterocycles. The fraction of sp³-hybridized carbons (Fsp3) is 0.0769. The van der Waals surface area contributed by atoms with Crippen LogP contribution in [0.5, 0.6) is 5.75 Å². The number of halogens is 2. The summed E-state index contributed by atoms with van der Waals surface area (Å²) in [4.78, 5) is 15.9. The van der Waals surface area contributed by atoms with E-state index in [2.05, 4.69) is 26.2 Å². The Morgan fingerprint density at radius 1 is 1.37 bits per heavy atom. The van der Waals surface area contributed by atoms with Gasteiger partial charge in [-0.2, -0.15) is 0 Å². The van der Waals surface area contributed by atoms with Crippen LogP contribution in [0.3, 0.4) is 0 Å². The molecule has 98 valence electrons. The van der Waals surface area contributed by atoms with E-state index in [0.717, 1.165) is 4.47 Å². The van der Waals surface area contributed by atoms with Crippen molar-refractivity contribution >= 4 is 39.1 Å². The van der Waals surface area contributed by atoms with Crippen LogP contribution in [-0.2, 0) is 0 Å². The fourth-order valence-electron chi connectivity index (χ4n) is 1.46. The Hall–Kier alpha value is -1.59. The lowest BCUT2D eigenvalue weighted by Gasteiger charge is -2.08. The molecule has 0 fully saturated rings. The molecule has 2 aromatic rings. The van der Waals surface area contributed by atoms with Crippen molar-refractivity contribution in [1.29, 1.82) is 0 Å². The molecule has 4 nitrogen and oxygen atoms in total. The Labute approximate surface area is 123 Å². The van der Waals surface area contributed by atoms with Crippen LogP contribution in [0.15, 0.2) is 41.0 Å². The van der Waals surface area contributed by atoms with Gasteiger partial charge in [0, 0.05) is 23.0 Å². The van der Waals surface area contributed by atoms with E-state index in [9.17, 15) is 4.79 Å². The summed E-state index contributed by atoms with van der Waals surface area (Å²) in [7, 11) is 1.56. The number of nitrogens with one attached hydrogen (secondary N) is 1. The smallest absolute Gasteiger partial charge is 0.274 e. The van der Waals surface area contributed by atoms with Gasteiger partial charge in [-0.1, -0.05) is 11.6 Å². The number of methoxy groups -OCH3 is 1. The highest BCUT2D eigenvalue weighted by Crippen LogP contribution is 2.28. The molecule has 1 amide bonds. The van der Waals surface area contributed by atoms with Gasteiger partial charge in [0.15, 0.2) is 0 Å². The number of ether oxygens (including phenoxy) is 1. The van der Waals surface area contributed by atoms with Crippen molar-refractivity contribution in [1.82, 2.24) is 4.98 Å². The maximum atomic E-state index is 12.0. The SMILES string of the molecule is COc1cc(NC(=O)c2cc(Cl)ccn2)ccc1Br. The van der Waals surface area contributed by atoms with Gasteiger partial charge in [-0.3, -0.25) is 9.78 Å². The third kappa shape index (κ3) is 3.45. The van der Waals surface area contributed by atoms with Crippen molar-refractivity contribution in [3.8, 4) is 5.75 Å². The molecule has 0 bridgehead atoms. The third-order valence-electron chi connectivity index (χ3n) is 2.36. The summed E-state index contributed by atoms with van der Waals surface area (Å²) in [5, 5.41) is 3.19. The highest BCUT2D eigenvalue weighted by Gasteiger charge is 2.09. The second kappa shape index (κ2) is 6.04. The summed E-state index contributed by atoms with van der Waals surface area (Å²) < 4.78 is 5.97. The van der Waals surface area contributed by atoms with E-state index in [1.807, 2.05) is 0 Å². The molecule has 2 rings (SSSR count). The van der Waals surface area contributed by atoms with E-state index in [1.54, 1.807) is 31.4 Å². The van der Waals surface area contributed by atoms with Gasteiger partial charge in [-0.05, 0) is 40.2 Å². The molecule has 0 aliphatic rings. The van der Waals surface area contributed by atoms with Crippen molar-refractivity contribution in [2.24, 2.45) is 0 Å². The maximum Gasteiger partial charge on any atom is 0.274 e. The molecule has 1 heterocycles. The van der Waals surface area contributed by atoms with Crippen molar-refractivity contribution in [3.05, 3.63) is 51.7 Å². The zero-order valence-electron chi connectivity index (χ0n) is 9.98. The molecule has 0 spiro atoms. The number of benzene rings is 1. The molecule has 0 radical (unpaired) electrons. The number of hydrogen-bond acceptors (Lipinski definition) is 3. The van der Waals surface area contributed by atoms with Crippen molar-refractivity contribution in [3.63, 3.8) is 0 Å². The number of aromatic nitrogens is 1. The van der Waals surface area contributed by atoms with E-state index in [-0.39, 0.29) is 11.6 Å². The topological polar surface area (TPSA) is 51.2 Å². The van der Waals surface area contributed by atoms with Crippen LogP contribution >= 0.6 is 27.5 Å². The summed E-state index contributed by atoms with van der Waals surface area (Å²) >= 11 is 9.16. The van der Waals surface area contributed by atoms with Gasteiger partial charge in [0.25, 0.3) is 5.91 Å². The van der Waals surface area contributed by atoms with E-state index in [1.165, 1.54) is 12.3 Å². The number of carbonyl (C=O) groups is 1. The first-order chi connectivity index (χ1) is 9.10. The minimum Gasteiger partial charge on any atom is -0.495 e. The Kier molecular flexibility index (Phi) is 4.39. The lowest BCUT2D eigenvalue weighted by molar-refractivity contribution is 0.102. The molecule has 0 aliphatic carbocycles. The first-order valence-corrected chi connectivity index (χ1v) is 6.53.